The number of hydrogen-bond donors (Lipinski definition) is 1. The van der Waals surface area contributed by atoms with Crippen molar-refractivity contribution < 1.29 is 4.39 Å². The van der Waals surface area contributed by atoms with Gasteiger partial charge in [0.05, 0.1) is 5.69 Å². The van der Waals surface area contributed by atoms with Crippen molar-refractivity contribution in [2.45, 2.75) is 45.7 Å². The van der Waals surface area contributed by atoms with E-state index in [2.05, 4.69) is 31.0 Å². The van der Waals surface area contributed by atoms with Gasteiger partial charge in [-0.2, -0.15) is 0 Å². The molecule has 2 atom stereocenters. The van der Waals surface area contributed by atoms with E-state index in [9.17, 15) is 4.39 Å². The fraction of sp³-hybridized carbons (Fsp3) is 0.625. The molecule has 0 amide bonds. The predicted molar refractivity (Wildman–Crippen MR) is 79.1 cm³/mol. The molecule has 0 radical (unpaired) electrons. The van der Waals surface area contributed by atoms with Crippen LogP contribution < -0.4 is 10.2 Å². The standard InChI is InChI=1S/C16H25FN2/c1-4-7-13-11-19(16(10-18-13)12(2)3)15-9-6-5-8-14(15)17/h5-6,8-9,12-13,16,18H,4,7,10-11H2,1-3H3. The van der Waals surface area contributed by atoms with Crippen LogP contribution in [0, 0.1) is 11.7 Å². The van der Waals surface area contributed by atoms with E-state index < -0.39 is 0 Å². The summed E-state index contributed by atoms with van der Waals surface area (Å²) in [4.78, 5) is 2.26. The summed E-state index contributed by atoms with van der Waals surface area (Å²) in [6.45, 7) is 8.46. The van der Waals surface area contributed by atoms with Gasteiger partial charge in [0, 0.05) is 25.2 Å². The zero-order valence-corrected chi connectivity index (χ0v) is 12.2. The lowest BCUT2D eigenvalue weighted by atomic mass is 9.96. The number of nitrogens with one attached hydrogen (secondary N) is 1. The molecule has 1 aromatic carbocycles. The molecule has 0 spiro atoms. The molecule has 1 fully saturated rings. The summed E-state index contributed by atoms with van der Waals surface area (Å²) >= 11 is 0. The van der Waals surface area contributed by atoms with Gasteiger partial charge in [-0.1, -0.05) is 39.3 Å². The number of hydrogen-bond acceptors (Lipinski definition) is 2. The summed E-state index contributed by atoms with van der Waals surface area (Å²) in [5.41, 5.74) is 0.754. The SMILES string of the molecule is CCCC1CN(c2ccccc2F)C(C(C)C)CN1. The maximum Gasteiger partial charge on any atom is 0.146 e. The average Bonchev–Trinajstić information content (AvgIpc) is 2.39. The molecular formula is C16H25FN2. The molecule has 2 rings (SSSR count). The first kappa shape index (κ1) is 14.3. The number of para-hydroxylation sites is 1. The van der Waals surface area contributed by atoms with Gasteiger partial charge in [-0.05, 0) is 24.5 Å². The lowest BCUT2D eigenvalue weighted by Crippen LogP contribution is -2.58. The van der Waals surface area contributed by atoms with Gasteiger partial charge in [-0.15, -0.1) is 0 Å². The molecule has 1 N–H and O–H groups in total. The highest BCUT2D eigenvalue weighted by atomic mass is 19.1. The second kappa shape index (κ2) is 6.38. The highest BCUT2D eigenvalue weighted by Crippen LogP contribution is 2.26. The van der Waals surface area contributed by atoms with E-state index in [0.29, 0.717) is 18.0 Å². The minimum absolute atomic E-state index is 0.106. The van der Waals surface area contributed by atoms with Crippen molar-refractivity contribution in [1.29, 1.82) is 0 Å². The van der Waals surface area contributed by atoms with Crippen molar-refractivity contribution in [2.24, 2.45) is 5.92 Å². The topological polar surface area (TPSA) is 15.3 Å². The van der Waals surface area contributed by atoms with Crippen molar-refractivity contribution in [2.75, 3.05) is 18.0 Å². The van der Waals surface area contributed by atoms with E-state index in [-0.39, 0.29) is 5.82 Å². The van der Waals surface area contributed by atoms with Gasteiger partial charge in [0.2, 0.25) is 0 Å². The van der Waals surface area contributed by atoms with Crippen molar-refractivity contribution >= 4 is 5.69 Å². The van der Waals surface area contributed by atoms with Crippen LogP contribution in [0.2, 0.25) is 0 Å². The molecule has 19 heavy (non-hydrogen) atoms. The lowest BCUT2D eigenvalue weighted by Gasteiger charge is -2.44. The maximum absolute atomic E-state index is 14.1. The highest BCUT2D eigenvalue weighted by Gasteiger charge is 2.30. The second-order valence-electron chi connectivity index (χ2n) is 5.81. The van der Waals surface area contributed by atoms with Crippen LogP contribution in [-0.2, 0) is 0 Å². The van der Waals surface area contributed by atoms with Gasteiger partial charge < -0.3 is 10.2 Å². The average molecular weight is 264 g/mol. The van der Waals surface area contributed by atoms with E-state index in [1.807, 2.05) is 12.1 Å². The Bertz CT molecular complexity index is 405. The normalized spacial score (nSPS) is 23.9. The molecule has 0 bridgehead atoms. The Morgan fingerprint density at radius 2 is 2.11 bits per heavy atom. The van der Waals surface area contributed by atoms with Crippen LogP contribution in [0.4, 0.5) is 10.1 Å². The maximum atomic E-state index is 14.1. The first-order valence-electron chi connectivity index (χ1n) is 7.38. The number of nitrogens with zero attached hydrogens (tertiary/aromatic N) is 1. The number of piperazine rings is 1. The molecule has 3 heteroatoms. The Hall–Kier alpha value is -1.09. The Kier molecular flexibility index (Phi) is 4.81. The van der Waals surface area contributed by atoms with E-state index in [4.69, 9.17) is 0 Å². The molecule has 1 aliphatic heterocycles. The predicted octanol–water partition coefficient (Wildman–Crippen LogP) is 3.43. The summed E-state index contributed by atoms with van der Waals surface area (Å²) in [6.07, 6.45) is 2.31. The Balaban J connectivity index is 2.23. The first-order chi connectivity index (χ1) is 9.13. The van der Waals surface area contributed by atoms with Crippen LogP contribution in [0.25, 0.3) is 0 Å². The molecule has 1 aromatic rings. The quantitative estimate of drug-likeness (QED) is 0.896. The fourth-order valence-electron chi connectivity index (χ4n) is 2.93. The third kappa shape index (κ3) is 3.27. The van der Waals surface area contributed by atoms with Gasteiger partial charge in [0.15, 0.2) is 0 Å². The molecule has 2 unspecified atom stereocenters. The van der Waals surface area contributed by atoms with Crippen LogP contribution >= 0.6 is 0 Å². The van der Waals surface area contributed by atoms with Gasteiger partial charge >= 0.3 is 0 Å². The summed E-state index contributed by atoms with van der Waals surface area (Å²) in [6, 6.07) is 7.98. The highest BCUT2D eigenvalue weighted by molar-refractivity contribution is 5.49. The number of halogens is 1. The van der Waals surface area contributed by atoms with Crippen LogP contribution in [0.1, 0.15) is 33.6 Å². The van der Waals surface area contributed by atoms with E-state index in [0.717, 1.165) is 31.6 Å². The monoisotopic (exact) mass is 264 g/mol. The van der Waals surface area contributed by atoms with Crippen LogP contribution in [0.15, 0.2) is 24.3 Å². The van der Waals surface area contributed by atoms with Gasteiger partial charge in [0.25, 0.3) is 0 Å². The number of rotatable bonds is 4. The first-order valence-corrected chi connectivity index (χ1v) is 7.38. The Labute approximate surface area is 116 Å². The summed E-state index contributed by atoms with van der Waals surface area (Å²) in [5.74, 6) is 0.403. The van der Waals surface area contributed by atoms with Gasteiger partial charge in [-0.3, -0.25) is 0 Å². The zero-order chi connectivity index (χ0) is 13.8. The number of benzene rings is 1. The second-order valence-corrected chi connectivity index (χ2v) is 5.81. The molecule has 0 aliphatic carbocycles. The van der Waals surface area contributed by atoms with E-state index >= 15 is 0 Å². The third-order valence-corrected chi connectivity index (χ3v) is 4.00. The zero-order valence-electron chi connectivity index (χ0n) is 12.2. The van der Waals surface area contributed by atoms with Crippen molar-refractivity contribution in [3.63, 3.8) is 0 Å². The molecular weight excluding hydrogens is 239 g/mol. The molecule has 0 aromatic heterocycles. The summed E-state index contributed by atoms with van der Waals surface area (Å²) < 4.78 is 14.1. The van der Waals surface area contributed by atoms with Crippen molar-refractivity contribution in [3.8, 4) is 0 Å². The van der Waals surface area contributed by atoms with Gasteiger partial charge in [-0.25, -0.2) is 4.39 Å². The minimum atomic E-state index is -0.106. The van der Waals surface area contributed by atoms with Crippen molar-refractivity contribution in [1.82, 2.24) is 5.32 Å². The van der Waals surface area contributed by atoms with Crippen LogP contribution in [0.3, 0.4) is 0 Å². The Morgan fingerprint density at radius 3 is 2.74 bits per heavy atom. The van der Waals surface area contributed by atoms with Gasteiger partial charge in [0.1, 0.15) is 5.82 Å². The van der Waals surface area contributed by atoms with E-state index in [1.165, 1.54) is 0 Å². The molecule has 106 valence electrons. The summed E-state index contributed by atoms with van der Waals surface area (Å²) in [5, 5.41) is 3.61. The fourth-order valence-corrected chi connectivity index (χ4v) is 2.93. The van der Waals surface area contributed by atoms with Crippen LogP contribution in [0.5, 0.6) is 0 Å². The smallest absolute Gasteiger partial charge is 0.146 e. The van der Waals surface area contributed by atoms with E-state index in [1.54, 1.807) is 12.1 Å². The Morgan fingerprint density at radius 1 is 1.37 bits per heavy atom. The number of anilines is 1. The third-order valence-electron chi connectivity index (χ3n) is 4.00. The molecule has 1 heterocycles. The molecule has 1 saturated heterocycles. The summed E-state index contributed by atoms with van der Waals surface area (Å²) in [7, 11) is 0. The lowest BCUT2D eigenvalue weighted by molar-refractivity contribution is 0.325. The van der Waals surface area contributed by atoms with Crippen molar-refractivity contribution in [3.05, 3.63) is 30.1 Å². The molecule has 1 aliphatic rings. The molecule has 0 saturated carbocycles. The largest absolute Gasteiger partial charge is 0.363 e. The molecule has 2 nitrogen and oxygen atoms in total. The van der Waals surface area contributed by atoms with Crippen LogP contribution in [-0.4, -0.2) is 25.2 Å². The minimum Gasteiger partial charge on any atom is -0.363 e.